The van der Waals surface area contributed by atoms with E-state index in [1.165, 1.54) is 12.8 Å². The molecule has 0 aromatic carbocycles. The number of hydrogen-bond acceptors (Lipinski definition) is 2. The molecule has 1 aromatic rings. The molecule has 0 spiro atoms. The summed E-state index contributed by atoms with van der Waals surface area (Å²) in [7, 11) is 0. The zero-order valence-corrected chi connectivity index (χ0v) is 9.15. The average molecular weight is 208 g/mol. The van der Waals surface area contributed by atoms with Gasteiger partial charge in [0.15, 0.2) is 0 Å². The molecule has 1 aromatic heterocycles. The molecule has 0 unspecified atom stereocenters. The Kier molecular flexibility index (Phi) is 3.31. The standard InChI is InChI=1S/C12H20N2O/c15-12(7-3-1-2-4-8-12)11-13-14-9-5-6-10-14/h5-6,9-10,13,15H,1-4,7-8,11H2. The summed E-state index contributed by atoms with van der Waals surface area (Å²) in [5, 5.41) is 10.4. The Morgan fingerprint density at radius 3 is 2.27 bits per heavy atom. The Labute approximate surface area is 91.1 Å². The maximum absolute atomic E-state index is 10.4. The molecule has 2 rings (SSSR count). The monoisotopic (exact) mass is 208 g/mol. The maximum atomic E-state index is 10.4. The van der Waals surface area contributed by atoms with E-state index in [4.69, 9.17) is 0 Å². The second-order valence-corrected chi connectivity index (χ2v) is 4.56. The smallest absolute Gasteiger partial charge is 0.0835 e. The first-order valence-electron chi connectivity index (χ1n) is 5.88. The molecule has 15 heavy (non-hydrogen) atoms. The van der Waals surface area contributed by atoms with Crippen molar-refractivity contribution in [1.29, 1.82) is 0 Å². The lowest BCUT2D eigenvalue weighted by Crippen LogP contribution is -2.38. The van der Waals surface area contributed by atoms with Gasteiger partial charge in [-0.1, -0.05) is 25.7 Å². The molecular weight excluding hydrogens is 188 g/mol. The predicted octanol–water partition coefficient (Wildman–Crippen LogP) is 2.12. The molecule has 2 N–H and O–H groups in total. The van der Waals surface area contributed by atoms with Gasteiger partial charge in [0.05, 0.1) is 12.1 Å². The Morgan fingerprint density at radius 2 is 1.67 bits per heavy atom. The lowest BCUT2D eigenvalue weighted by atomic mass is 9.95. The van der Waals surface area contributed by atoms with Crippen molar-refractivity contribution < 1.29 is 5.11 Å². The van der Waals surface area contributed by atoms with E-state index in [2.05, 4.69) is 5.43 Å². The van der Waals surface area contributed by atoms with Gasteiger partial charge in [0.1, 0.15) is 0 Å². The van der Waals surface area contributed by atoms with Crippen molar-refractivity contribution in [2.24, 2.45) is 0 Å². The van der Waals surface area contributed by atoms with E-state index in [0.29, 0.717) is 6.54 Å². The van der Waals surface area contributed by atoms with Gasteiger partial charge >= 0.3 is 0 Å². The Morgan fingerprint density at radius 1 is 1.07 bits per heavy atom. The summed E-state index contributed by atoms with van der Waals surface area (Å²) in [5.74, 6) is 0. The maximum Gasteiger partial charge on any atom is 0.0835 e. The van der Waals surface area contributed by atoms with Crippen LogP contribution in [0.15, 0.2) is 24.5 Å². The van der Waals surface area contributed by atoms with Crippen molar-refractivity contribution in [2.75, 3.05) is 12.0 Å². The molecule has 1 fully saturated rings. The third-order valence-electron chi connectivity index (χ3n) is 3.23. The molecule has 0 atom stereocenters. The molecule has 1 saturated carbocycles. The van der Waals surface area contributed by atoms with Crippen LogP contribution >= 0.6 is 0 Å². The summed E-state index contributed by atoms with van der Waals surface area (Å²) >= 11 is 0. The van der Waals surface area contributed by atoms with Crippen LogP contribution in [0.25, 0.3) is 0 Å². The van der Waals surface area contributed by atoms with Gasteiger partial charge in [-0.2, -0.15) is 0 Å². The summed E-state index contributed by atoms with van der Waals surface area (Å²) in [6, 6.07) is 3.95. The van der Waals surface area contributed by atoms with Crippen LogP contribution < -0.4 is 5.43 Å². The second kappa shape index (κ2) is 4.71. The summed E-state index contributed by atoms with van der Waals surface area (Å²) in [6.07, 6.45) is 10.6. The minimum atomic E-state index is -0.499. The first-order chi connectivity index (χ1) is 7.29. The molecule has 0 saturated heterocycles. The Balaban J connectivity index is 1.86. The second-order valence-electron chi connectivity index (χ2n) is 4.56. The van der Waals surface area contributed by atoms with Gasteiger partial charge < -0.3 is 10.5 Å². The Hall–Kier alpha value is -0.960. The zero-order chi connectivity index (χ0) is 10.6. The highest BCUT2D eigenvalue weighted by atomic mass is 16.3. The third-order valence-corrected chi connectivity index (χ3v) is 3.23. The fourth-order valence-corrected chi connectivity index (χ4v) is 2.24. The van der Waals surface area contributed by atoms with E-state index in [1.807, 2.05) is 29.2 Å². The van der Waals surface area contributed by atoms with E-state index in [0.717, 1.165) is 25.7 Å². The minimum absolute atomic E-state index is 0.499. The lowest BCUT2D eigenvalue weighted by Gasteiger charge is -2.27. The van der Waals surface area contributed by atoms with E-state index in [-0.39, 0.29) is 0 Å². The number of aliphatic hydroxyl groups is 1. The fourth-order valence-electron chi connectivity index (χ4n) is 2.24. The first kappa shape index (κ1) is 10.6. The van der Waals surface area contributed by atoms with Crippen LogP contribution in [-0.4, -0.2) is 21.9 Å². The van der Waals surface area contributed by atoms with Crippen molar-refractivity contribution in [1.82, 2.24) is 4.68 Å². The van der Waals surface area contributed by atoms with Crippen LogP contribution in [0.4, 0.5) is 0 Å². The van der Waals surface area contributed by atoms with Gasteiger partial charge in [0.25, 0.3) is 0 Å². The molecule has 3 nitrogen and oxygen atoms in total. The van der Waals surface area contributed by atoms with Crippen LogP contribution in [0.1, 0.15) is 38.5 Å². The van der Waals surface area contributed by atoms with Crippen LogP contribution in [0.5, 0.6) is 0 Å². The van der Waals surface area contributed by atoms with Crippen LogP contribution in [0.3, 0.4) is 0 Å². The van der Waals surface area contributed by atoms with Gasteiger partial charge in [0.2, 0.25) is 0 Å². The molecule has 84 valence electrons. The highest BCUT2D eigenvalue weighted by molar-refractivity contribution is 4.96. The van der Waals surface area contributed by atoms with Crippen LogP contribution in [0, 0.1) is 0 Å². The number of nitrogens with zero attached hydrogens (tertiary/aromatic N) is 1. The SMILES string of the molecule is OC1(CNn2cccc2)CCCCCC1. The molecule has 3 heteroatoms. The third kappa shape index (κ3) is 2.99. The predicted molar refractivity (Wildman–Crippen MR) is 61.3 cm³/mol. The molecule has 0 radical (unpaired) electrons. The number of rotatable bonds is 3. The van der Waals surface area contributed by atoms with Crippen molar-refractivity contribution in [3.05, 3.63) is 24.5 Å². The highest BCUT2D eigenvalue weighted by Crippen LogP contribution is 2.26. The van der Waals surface area contributed by atoms with Gasteiger partial charge in [-0.15, -0.1) is 0 Å². The molecule has 0 aliphatic heterocycles. The molecule has 1 aliphatic rings. The van der Waals surface area contributed by atoms with E-state index >= 15 is 0 Å². The van der Waals surface area contributed by atoms with Crippen molar-refractivity contribution >= 4 is 0 Å². The van der Waals surface area contributed by atoms with Gasteiger partial charge in [-0.25, -0.2) is 0 Å². The topological polar surface area (TPSA) is 37.2 Å². The van der Waals surface area contributed by atoms with Gasteiger partial charge in [-0.05, 0) is 25.0 Å². The lowest BCUT2D eigenvalue weighted by molar-refractivity contribution is 0.0357. The quantitative estimate of drug-likeness (QED) is 0.747. The summed E-state index contributed by atoms with van der Waals surface area (Å²) < 4.78 is 1.91. The van der Waals surface area contributed by atoms with E-state index < -0.39 is 5.60 Å². The van der Waals surface area contributed by atoms with Gasteiger partial charge in [0, 0.05) is 12.4 Å². The van der Waals surface area contributed by atoms with Crippen LogP contribution in [-0.2, 0) is 0 Å². The van der Waals surface area contributed by atoms with Crippen LogP contribution in [0.2, 0.25) is 0 Å². The molecule has 0 bridgehead atoms. The highest BCUT2D eigenvalue weighted by Gasteiger charge is 2.27. The molecule has 1 heterocycles. The summed E-state index contributed by atoms with van der Waals surface area (Å²) in [5.41, 5.74) is 2.73. The number of aromatic nitrogens is 1. The molecule has 1 aliphatic carbocycles. The largest absolute Gasteiger partial charge is 0.388 e. The normalized spacial score (nSPS) is 20.9. The molecule has 0 amide bonds. The number of hydrogen-bond donors (Lipinski definition) is 2. The summed E-state index contributed by atoms with van der Waals surface area (Å²) in [4.78, 5) is 0. The minimum Gasteiger partial charge on any atom is -0.388 e. The van der Waals surface area contributed by atoms with Crippen molar-refractivity contribution in [3.63, 3.8) is 0 Å². The van der Waals surface area contributed by atoms with E-state index in [9.17, 15) is 5.11 Å². The Bertz CT molecular complexity index is 274. The van der Waals surface area contributed by atoms with Gasteiger partial charge in [-0.3, -0.25) is 4.68 Å². The van der Waals surface area contributed by atoms with Crippen molar-refractivity contribution in [3.8, 4) is 0 Å². The fraction of sp³-hybridized carbons (Fsp3) is 0.667. The first-order valence-corrected chi connectivity index (χ1v) is 5.88. The zero-order valence-electron chi connectivity index (χ0n) is 9.15. The average Bonchev–Trinajstić information content (AvgIpc) is 2.65. The summed E-state index contributed by atoms with van der Waals surface area (Å²) in [6.45, 7) is 0.654. The number of nitrogens with one attached hydrogen (secondary N) is 1. The molecular formula is C12H20N2O. The van der Waals surface area contributed by atoms with Crippen molar-refractivity contribution in [2.45, 2.75) is 44.1 Å². The van der Waals surface area contributed by atoms with E-state index in [1.54, 1.807) is 0 Å².